The lowest BCUT2D eigenvalue weighted by atomic mass is 9.65. The lowest BCUT2D eigenvalue weighted by Gasteiger charge is -2.39. The molecule has 128 valence electrons. The SMILES string of the molecule is CC(C)(C)Nc1ccc(C2(c3ccc(N)cc3)CCCCC2)cc1. The van der Waals surface area contributed by atoms with Crippen molar-refractivity contribution in [2.45, 2.75) is 63.8 Å². The first-order chi connectivity index (χ1) is 11.4. The van der Waals surface area contributed by atoms with Crippen LogP contribution in [0.25, 0.3) is 0 Å². The van der Waals surface area contributed by atoms with Crippen molar-refractivity contribution in [3.63, 3.8) is 0 Å². The molecule has 0 aromatic heterocycles. The second-order valence-electron chi connectivity index (χ2n) is 8.22. The molecule has 0 aliphatic heterocycles. The first kappa shape index (κ1) is 16.9. The lowest BCUT2D eigenvalue weighted by molar-refractivity contribution is 0.346. The Morgan fingerprint density at radius 3 is 1.79 bits per heavy atom. The zero-order valence-electron chi connectivity index (χ0n) is 15.2. The van der Waals surface area contributed by atoms with E-state index in [9.17, 15) is 0 Å². The second-order valence-corrected chi connectivity index (χ2v) is 8.22. The average molecular weight is 322 g/mol. The molecule has 0 spiro atoms. The van der Waals surface area contributed by atoms with E-state index < -0.39 is 0 Å². The summed E-state index contributed by atoms with van der Waals surface area (Å²) in [5.41, 5.74) is 11.0. The molecule has 1 aliphatic rings. The van der Waals surface area contributed by atoms with E-state index in [1.165, 1.54) is 48.9 Å². The number of hydrogen-bond donors (Lipinski definition) is 2. The summed E-state index contributed by atoms with van der Waals surface area (Å²) in [5, 5.41) is 3.55. The number of nitrogens with one attached hydrogen (secondary N) is 1. The molecule has 1 aliphatic carbocycles. The zero-order valence-corrected chi connectivity index (χ0v) is 15.2. The van der Waals surface area contributed by atoms with Gasteiger partial charge in [-0.25, -0.2) is 0 Å². The van der Waals surface area contributed by atoms with Crippen molar-refractivity contribution >= 4 is 11.4 Å². The van der Waals surface area contributed by atoms with Gasteiger partial charge < -0.3 is 11.1 Å². The third-order valence-corrected chi connectivity index (χ3v) is 5.13. The maximum absolute atomic E-state index is 5.91. The van der Waals surface area contributed by atoms with E-state index in [-0.39, 0.29) is 11.0 Å². The standard InChI is InChI=1S/C22H30N2/c1-21(2,3)24-20-13-9-18(10-14-20)22(15-5-4-6-16-22)17-7-11-19(23)12-8-17/h7-14,24H,4-6,15-16,23H2,1-3H3. The number of nitrogen functional groups attached to an aromatic ring is 1. The van der Waals surface area contributed by atoms with Crippen LogP contribution in [0, 0.1) is 0 Å². The Morgan fingerprint density at radius 2 is 1.29 bits per heavy atom. The van der Waals surface area contributed by atoms with Gasteiger partial charge in [-0.3, -0.25) is 0 Å². The summed E-state index contributed by atoms with van der Waals surface area (Å²) in [6.45, 7) is 6.58. The van der Waals surface area contributed by atoms with Crippen molar-refractivity contribution in [1.82, 2.24) is 0 Å². The Morgan fingerprint density at radius 1 is 0.792 bits per heavy atom. The normalized spacial score (nSPS) is 17.5. The third kappa shape index (κ3) is 3.58. The van der Waals surface area contributed by atoms with Crippen LogP contribution in [0.4, 0.5) is 11.4 Å². The molecule has 2 heteroatoms. The quantitative estimate of drug-likeness (QED) is 0.708. The van der Waals surface area contributed by atoms with Crippen LogP contribution in [0.15, 0.2) is 48.5 Å². The van der Waals surface area contributed by atoms with Gasteiger partial charge in [0.1, 0.15) is 0 Å². The van der Waals surface area contributed by atoms with E-state index in [0.717, 1.165) is 5.69 Å². The molecule has 1 saturated carbocycles. The molecular weight excluding hydrogens is 292 g/mol. The molecule has 0 radical (unpaired) electrons. The van der Waals surface area contributed by atoms with Gasteiger partial charge in [0.2, 0.25) is 0 Å². The predicted octanol–water partition coefficient (Wildman–Crippen LogP) is 5.73. The van der Waals surface area contributed by atoms with Gasteiger partial charge in [-0.15, -0.1) is 0 Å². The summed E-state index contributed by atoms with van der Waals surface area (Å²) >= 11 is 0. The largest absolute Gasteiger partial charge is 0.399 e. The van der Waals surface area contributed by atoms with Gasteiger partial charge in [0, 0.05) is 22.3 Å². The number of benzene rings is 2. The van der Waals surface area contributed by atoms with Crippen LogP contribution in [0.5, 0.6) is 0 Å². The molecule has 0 amide bonds. The smallest absolute Gasteiger partial charge is 0.0344 e. The van der Waals surface area contributed by atoms with E-state index in [0.29, 0.717) is 0 Å². The molecule has 24 heavy (non-hydrogen) atoms. The molecule has 3 rings (SSSR count). The minimum Gasteiger partial charge on any atom is -0.399 e. The van der Waals surface area contributed by atoms with Gasteiger partial charge >= 0.3 is 0 Å². The molecular formula is C22H30N2. The third-order valence-electron chi connectivity index (χ3n) is 5.13. The van der Waals surface area contributed by atoms with Crippen molar-refractivity contribution in [2.24, 2.45) is 0 Å². The maximum Gasteiger partial charge on any atom is 0.0344 e. The van der Waals surface area contributed by atoms with Crippen LogP contribution in [0.2, 0.25) is 0 Å². The molecule has 2 aromatic carbocycles. The van der Waals surface area contributed by atoms with Gasteiger partial charge in [0.05, 0.1) is 0 Å². The highest BCUT2D eigenvalue weighted by molar-refractivity contribution is 5.51. The van der Waals surface area contributed by atoms with Crippen LogP contribution >= 0.6 is 0 Å². The van der Waals surface area contributed by atoms with Crippen molar-refractivity contribution in [3.05, 3.63) is 59.7 Å². The van der Waals surface area contributed by atoms with Gasteiger partial charge in [-0.2, -0.15) is 0 Å². The minimum absolute atomic E-state index is 0.0843. The molecule has 0 heterocycles. The van der Waals surface area contributed by atoms with Crippen molar-refractivity contribution < 1.29 is 0 Å². The van der Waals surface area contributed by atoms with Gasteiger partial charge in [0.25, 0.3) is 0 Å². The first-order valence-electron chi connectivity index (χ1n) is 9.14. The minimum atomic E-state index is 0.0843. The average Bonchev–Trinajstić information content (AvgIpc) is 2.55. The molecule has 0 bridgehead atoms. The fourth-order valence-corrected chi connectivity index (χ4v) is 4.01. The van der Waals surface area contributed by atoms with Gasteiger partial charge in [0.15, 0.2) is 0 Å². The molecule has 0 atom stereocenters. The fourth-order valence-electron chi connectivity index (χ4n) is 4.01. The monoisotopic (exact) mass is 322 g/mol. The highest BCUT2D eigenvalue weighted by Gasteiger charge is 2.35. The second kappa shape index (κ2) is 6.51. The summed E-state index contributed by atoms with van der Waals surface area (Å²) in [7, 11) is 0. The van der Waals surface area contributed by atoms with Crippen molar-refractivity contribution in [2.75, 3.05) is 11.1 Å². The number of rotatable bonds is 3. The van der Waals surface area contributed by atoms with Crippen LogP contribution in [0.1, 0.15) is 64.0 Å². The van der Waals surface area contributed by atoms with Gasteiger partial charge in [-0.05, 0) is 69.0 Å². The summed E-state index contributed by atoms with van der Waals surface area (Å²) < 4.78 is 0. The Balaban J connectivity index is 1.96. The highest BCUT2D eigenvalue weighted by Crippen LogP contribution is 2.45. The van der Waals surface area contributed by atoms with E-state index in [1.54, 1.807) is 0 Å². The fraction of sp³-hybridized carbons (Fsp3) is 0.455. The number of anilines is 2. The predicted molar refractivity (Wildman–Crippen MR) is 105 cm³/mol. The Hall–Kier alpha value is -1.96. The zero-order chi connectivity index (χ0) is 17.2. The first-order valence-corrected chi connectivity index (χ1v) is 9.14. The number of nitrogens with two attached hydrogens (primary N) is 1. The van der Waals surface area contributed by atoms with Crippen molar-refractivity contribution in [3.8, 4) is 0 Å². The summed E-state index contributed by atoms with van der Waals surface area (Å²) in [5.74, 6) is 0. The molecule has 2 aromatic rings. The number of hydrogen-bond acceptors (Lipinski definition) is 2. The topological polar surface area (TPSA) is 38.0 Å². The Kier molecular flexibility index (Phi) is 4.58. The molecule has 0 saturated heterocycles. The van der Waals surface area contributed by atoms with Crippen LogP contribution in [-0.4, -0.2) is 5.54 Å². The van der Waals surface area contributed by atoms with E-state index >= 15 is 0 Å². The Bertz CT molecular complexity index is 657. The van der Waals surface area contributed by atoms with Crippen LogP contribution in [0.3, 0.4) is 0 Å². The maximum atomic E-state index is 5.91. The summed E-state index contributed by atoms with van der Waals surface area (Å²) in [6, 6.07) is 17.6. The lowest BCUT2D eigenvalue weighted by Crippen LogP contribution is -2.30. The Labute approximate surface area is 146 Å². The highest BCUT2D eigenvalue weighted by atomic mass is 14.9. The summed E-state index contributed by atoms with van der Waals surface area (Å²) in [6.07, 6.45) is 6.39. The molecule has 3 N–H and O–H groups in total. The van der Waals surface area contributed by atoms with Crippen LogP contribution < -0.4 is 11.1 Å². The molecule has 1 fully saturated rings. The van der Waals surface area contributed by atoms with Gasteiger partial charge in [-0.1, -0.05) is 43.5 Å². The van der Waals surface area contributed by atoms with E-state index in [4.69, 9.17) is 5.73 Å². The molecule has 2 nitrogen and oxygen atoms in total. The van der Waals surface area contributed by atoms with Crippen LogP contribution in [-0.2, 0) is 5.41 Å². The van der Waals surface area contributed by atoms with Crippen molar-refractivity contribution in [1.29, 1.82) is 0 Å². The molecule has 0 unspecified atom stereocenters. The van der Waals surface area contributed by atoms with E-state index in [2.05, 4.69) is 62.5 Å². The summed E-state index contributed by atoms with van der Waals surface area (Å²) in [4.78, 5) is 0. The van der Waals surface area contributed by atoms with E-state index in [1.807, 2.05) is 12.1 Å².